The summed E-state index contributed by atoms with van der Waals surface area (Å²) >= 11 is 0. The first-order valence-electron chi connectivity index (χ1n) is 6.86. The van der Waals surface area contributed by atoms with Crippen molar-refractivity contribution in [2.24, 2.45) is 0 Å². The first kappa shape index (κ1) is 16.4. The molecule has 0 saturated carbocycles. The fourth-order valence-electron chi connectivity index (χ4n) is 2.12. The van der Waals surface area contributed by atoms with E-state index in [1.165, 1.54) is 20.4 Å². The number of carbonyl (C=O) groups is 3. The van der Waals surface area contributed by atoms with E-state index in [-0.39, 0.29) is 6.42 Å². The normalized spacial score (nSPS) is 11.6. The van der Waals surface area contributed by atoms with Crippen molar-refractivity contribution < 1.29 is 23.9 Å². The molecule has 0 aliphatic rings. The van der Waals surface area contributed by atoms with E-state index in [0.717, 1.165) is 0 Å². The molecule has 0 fully saturated rings. The third-order valence-electron chi connectivity index (χ3n) is 3.28. The zero-order valence-corrected chi connectivity index (χ0v) is 12.7. The summed E-state index contributed by atoms with van der Waals surface area (Å²) in [5.74, 6) is -1.84. The lowest BCUT2D eigenvalue weighted by atomic mass is 10.1. The van der Waals surface area contributed by atoms with Crippen LogP contribution in [0.25, 0.3) is 10.9 Å². The molecule has 0 saturated heterocycles. The van der Waals surface area contributed by atoms with Gasteiger partial charge in [-0.25, -0.2) is 4.79 Å². The molecular weight excluding hydrogens is 300 g/mol. The van der Waals surface area contributed by atoms with E-state index in [1.807, 2.05) is 6.07 Å². The summed E-state index contributed by atoms with van der Waals surface area (Å²) in [4.78, 5) is 39.7. The largest absolute Gasteiger partial charge is 0.469 e. The minimum atomic E-state index is -1.12. The molecule has 23 heavy (non-hydrogen) atoms. The first-order chi connectivity index (χ1) is 11.1. The first-order valence-corrected chi connectivity index (χ1v) is 6.86. The molecule has 1 aromatic carbocycles. The van der Waals surface area contributed by atoms with Crippen molar-refractivity contribution in [1.82, 2.24) is 10.3 Å². The van der Waals surface area contributed by atoms with Crippen molar-refractivity contribution in [3.8, 4) is 0 Å². The SMILES string of the molecule is COC(=O)C[C@H](NC(=O)c1ccnc2ccccc12)C(=O)OC. The van der Waals surface area contributed by atoms with Crippen molar-refractivity contribution in [3.05, 3.63) is 42.1 Å². The average molecular weight is 316 g/mol. The van der Waals surface area contributed by atoms with Crippen LogP contribution in [0.1, 0.15) is 16.8 Å². The summed E-state index contributed by atoms with van der Waals surface area (Å²) in [5.41, 5.74) is 1.01. The van der Waals surface area contributed by atoms with E-state index in [2.05, 4.69) is 19.8 Å². The van der Waals surface area contributed by atoms with Crippen molar-refractivity contribution in [1.29, 1.82) is 0 Å². The summed E-state index contributed by atoms with van der Waals surface area (Å²) in [6.45, 7) is 0. The minimum absolute atomic E-state index is 0.308. The van der Waals surface area contributed by atoms with Crippen LogP contribution in [-0.4, -0.2) is 43.1 Å². The average Bonchev–Trinajstić information content (AvgIpc) is 2.59. The lowest BCUT2D eigenvalue weighted by molar-refractivity contribution is -0.149. The lowest BCUT2D eigenvalue weighted by Gasteiger charge is -2.16. The van der Waals surface area contributed by atoms with Gasteiger partial charge in [-0.3, -0.25) is 14.6 Å². The van der Waals surface area contributed by atoms with Gasteiger partial charge in [0.2, 0.25) is 0 Å². The number of carbonyl (C=O) groups excluding carboxylic acids is 3. The van der Waals surface area contributed by atoms with E-state index in [1.54, 1.807) is 24.3 Å². The molecule has 2 rings (SSSR count). The van der Waals surface area contributed by atoms with E-state index in [0.29, 0.717) is 16.5 Å². The predicted octanol–water partition coefficient (Wildman–Crippen LogP) is 1.07. The number of aromatic nitrogens is 1. The number of para-hydroxylation sites is 1. The second-order valence-corrected chi connectivity index (χ2v) is 4.71. The second kappa shape index (κ2) is 7.35. The van der Waals surface area contributed by atoms with Crippen molar-refractivity contribution in [3.63, 3.8) is 0 Å². The Hall–Kier alpha value is -2.96. The van der Waals surface area contributed by atoms with Crippen LogP contribution in [-0.2, 0) is 19.1 Å². The number of hydrogen-bond donors (Lipinski definition) is 1. The number of rotatable bonds is 5. The van der Waals surface area contributed by atoms with Crippen LogP contribution in [0.4, 0.5) is 0 Å². The highest BCUT2D eigenvalue weighted by Gasteiger charge is 2.26. The molecule has 7 nitrogen and oxygen atoms in total. The number of hydrogen-bond acceptors (Lipinski definition) is 6. The number of esters is 2. The highest BCUT2D eigenvalue weighted by atomic mass is 16.5. The number of amides is 1. The molecule has 7 heteroatoms. The number of benzene rings is 1. The second-order valence-electron chi connectivity index (χ2n) is 4.71. The van der Waals surface area contributed by atoms with Gasteiger partial charge in [0.1, 0.15) is 6.04 Å². The number of ether oxygens (including phenoxy) is 2. The predicted molar refractivity (Wildman–Crippen MR) is 81.6 cm³/mol. The van der Waals surface area contributed by atoms with E-state index >= 15 is 0 Å². The third-order valence-corrected chi connectivity index (χ3v) is 3.28. The molecule has 2 aromatic rings. The summed E-state index contributed by atoms with van der Waals surface area (Å²) < 4.78 is 9.13. The van der Waals surface area contributed by atoms with Crippen LogP contribution >= 0.6 is 0 Å². The van der Waals surface area contributed by atoms with Crippen LogP contribution in [0, 0.1) is 0 Å². The summed E-state index contributed by atoms with van der Waals surface area (Å²) in [7, 11) is 2.38. The molecule has 120 valence electrons. The smallest absolute Gasteiger partial charge is 0.328 e. The number of nitrogens with zero attached hydrogens (tertiary/aromatic N) is 1. The van der Waals surface area contributed by atoms with Crippen molar-refractivity contribution in [2.45, 2.75) is 12.5 Å². The van der Waals surface area contributed by atoms with E-state index < -0.39 is 23.9 Å². The third kappa shape index (κ3) is 3.82. The number of pyridine rings is 1. The summed E-state index contributed by atoms with van der Waals surface area (Å²) in [5, 5.41) is 3.15. The Balaban J connectivity index is 2.26. The van der Waals surface area contributed by atoms with Crippen LogP contribution in [0.15, 0.2) is 36.5 Å². The molecular formula is C16H16N2O5. The topological polar surface area (TPSA) is 94.6 Å². The lowest BCUT2D eigenvalue weighted by Crippen LogP contribution is -2.43. The molecule has 1 heterocycles. The van der Waals surface area contributed by atoms with Gasteiger partial charge in [0.05, 0.1) is 31.7 Å². The Labute approximate surface area is 132 Å². The van der Waals surface area contributed by atoms with Gasteiger partial charge in [0.25, 0.3) is 5.91 Å². The van der Waals surface area contributed by atoms with E-state index in [9.17, 15) is 14.4 Å². The van der Waals surface area contributed by atoms with Gasteiger partial charge in [-0.1, -0.05) is 18.2 Å². The Morgan fingerprint density at radius 3 is 2.57 bits per heavy atom. The molecule has 1 atom stereocenters. The fraction of sp³-hybridized carbons (Fsp3) is 0.250. The van der Waals surface area contributed by atoms with Crippen LogP contribution in [0.3, 0.4) is 0 Å². The van der Waals surface area contributed by atoms with E-state index in [4.69, 9.17) is 0 Å². The molecule has 0 radical (unpaired) electrons. The maximum Gasteiger partial charge on any atom is 0.328 e. The monoisotopic (exact) mass is 316 g/mol. The molecule has 0 aliphatic heterocycles. The van der Waals surface area contributed by atoms with Gasteiger partial charge < -0.3 is 14.8 Å². The van der Waals surface area contributed by atoms with Crippen molar-refractivity contribution in [2.75, 3.05) is 14.2 Å². The Morgan fingerprint density at radius 2 is 1.87 bits per heavy atom. The standard InChI is InChI=1S/C16H16N2O5/c1-22-14(19)9-13(16(21)23-2)18-15(20)11-7-8-17-12-6-4-3-5-10(11)12/h3-8,13H,9H2,1-2H3,(H,18,20)/t13-/m0/s1. The molecule has 0 spiro atoms. The number of nitrogens with one attached hydrogen (secondary N) is 1. The van der Waals surface area contributed by atoms with Gasteiger partial charge in [0.15, 0.2) is 0 Å². The van der Waals surface area contributed by atoms with Gasteiger partial charge in [-0.15, -0.1) is 0 Å². The molecule has 1 N–H and O–H groups in total. The Kier molecular flexibility index (Phi) is 5.24. The van der Waals surface area contributed by atoms with Gasteiger partial charge in [0, 0.05) is 11.6 Å². The molecule has 0 unspecified atom stereocenters. The van der Waals surface area contributed by atoms with Gasteiger partial charge in [-0.2, -0.15) is 0 Å². The maximum atomic E-state index is 12.5. The quantitative estimate of drug-likeness (QED) is 0.829. The van der Waals surface area contributed by atoms with Crippen molar-refractivity contribution >= 4 is 28.7 Å². The molecule has 0 bridgehead atoms. The molecule has 1 aromatic heterocycles. The van der Waals surface area contributed by atoms with Crippen LogP contribution in [0.2, 0.25) is 0 Å². The zero-order chi connectivity index (χ0) is 16.8. The summed E-state index contributed by atoms with van der Waals surface area (Å²) in [6, 6.07) is 7.55. The Bertz CT molecular complexity index is 739. The zero-order valence-electron chi connectivity index (χ0n) is 12.7. The highest BCUT2D eigenvalue weighted by molar-refractivity contribution is 6.07. The Morgan fingerprint density at radius 1 is 1.13 bits per heavy atom. The molecule has 0 aliphatic carbocycles. The van der Waals surface area contributed by atoms with Gasteiger partial charge in [-0.05, 0) is 12.1 Å². The van der Waals surface area contributed by atoms with Gasteiger partial charge >= 0.3 is 11.9 Å². The van der Waals surface area contributed by atoms with Crippen LogP contribution < -0.4 is 5.32 Å². The summed E-state index contributed by atoms with van der Waals surface area (Å²) in [6.07, 6.45) is 1.20. The highest BCUT2D eigenvalue weighted by Crippen LogP contribution is 2.16. The van der Waals surface area contributed by atoms with Crippen LogP contribution in [0.5, 0.6) is 0 Å². The minimum Gasteiger partial charge on any atom is -0.469 e. The molecule has 1 amide bonds. The fourth-order valence-corrected chi connectivity index (χ4v) is 2.12. The maximum absolute atomic E-state index is 12.5. The number of fused-ring (bicyclic) bond motifs is 1. The number of methoxy groups -OCH3 is 2.